The minimum atomic E-state index is -1.53. The Kier molecular flexibility index (Phi) is 9.92. The van der Waals surface area contributed by atoms with Crippen LogP contribution in [0.2, 0.25) is 0 Å². The molecule has 4 atom stereocenters. The molecule has 0 spiro atoms. The highest BCUT2D eigenvalue weighted by molar-refractivity contribution is 5.93. The number of carbonyl (C=O) groups excluding carboxylic acids is 4. The molecule has 1 saturated heterocycles. The minimum absolute atomic E-state index is 0.00180. The first-order valence-corrected chi connectivity index (χ1v) is 13.9. The number of nitrogens with one attached hydrogen (secondary N) is 2. The molecule has 2 aliphatic rings. The number of carboxylic acid groups (broad SMARTS) is 1. The fourth-order valence-corrected chi connectivity index (χ4v) is 5.41. The van der Waals surface area contributed by atoms with E-state index in [0.29, 0.717) is 0 Å². The Hall–Kier alpha value is -4.29. The molecule has 0 saturated carbocycles. The maximum atomic E-state index is 12.9. The van der Waals surface area contributed by atoms with Gasteiger partial charge in [-0.2, -0.15) is 0 Å². The van der Waals surface area contributed by atoms with Crippen LogP contribution in [0.4, 0.5) is 0 Å². The van der Waals surface area contributed by atoms with Crippen LogP contribution in [-0.4, -0.2) is 93.9 Å². The Balaban J connectivity index is 1.25. The Morgan fingerprint density at radius 1 is 0.976 bits per heavy atom. The average molecular weight is 582 g/mol. The van der Waals surface area contributed by atoms with Crippen molar-refractivity contribution in [2.24, 2.45) is 0 Å². The summed E-state index contributed by atoms with van der Waals surface area (Å²) in [6.07, 6.45) is -0.837. The number of aliphatic hydroxyl groups excluding tert-OH is 2. The monoisotopic (exact) mass is 581 g/mol. The lowest BCUT2D eigenvalue weighted by molar-refractivity contribution is -0.145. The van der Waals surface area contributed by atoms with Crippen molar-refractivity contribution in [3.8, 4) is 11.1 Å². The molecule has 0 bridgehead atoms. The third kappa shape index (κ3) is 6.94. The molecule has 1 heterocycles. The molecule has 2 aromatic rings. The number of amides is 3. The predicted octanol–water partition coefficient (Wildman–Crippen LogP) is 0.541. The topological polar surface area (TPSA) is 183 Å². The highest BCUT2D eigenvalue weighted by Crippen LogP contribution is 2.44. The van der Waals surface area contributed by atoms with Crippen molar-refractivity contribution in [1.29, 1.82) is 0 Å². The number of fused-ring (bicyclic) bond motifs is 3. The Morgan fingerprint density at radius 2 is 1.60 bits per heavy atom. The van der Waals surface area contributed by atoms with Gasteiger partial charge in [0.05, 0.1) is 12.7 Å². The molecule has 42 heavy (non-hydrogen) atoms. The van der Waals surface area contributed by atoms with E-state index >= 15 is 0 Å². The van der Waals surface area contributed by atoms with E-state index in [1.165, 1.54) is 11.8 Å². The molecule has 1 fully saturated rings. The molecular formula is C30H35N3O9. The van der Waals surface area contributed by atoms with Crippen LogP contribution in [0.15, 0.2) is 48.5 Å². The second-order valence-electron chi connectivity index (χ2n) is 10.5. The minimum Gasteiger partial charge on any atom is -0.480 e. The molecule has 0 aromatic heterocycles. The quantitative estimate of drug-likeness (QED) is 0.223. The number of nitrogens with zero attached hydrogens (tertiary/aromatic N) is 1. The van der Waals surface area contributed by atoms with Crippen LogP contribution in [0.3, 0.4) is 0 Å². The van der Waals surface area contributed by atoms with Crippen LogP contribution in [0, 0.1) is 0 Å². The number of carbonyl (C=O) groups is 5. The lowest BCUT2D eigenvalue weighted by Crippen LogP contribution is -2.54. The van der Waals surface area contributed by atoms with E-state index < -0.39 is 60.5 Å². The van der Waals surface area contributed by atoms with Crippen LogP contribution in [-0.2, 0) is 28.7 Å². The molecule has 4 rings (SSSR count). The zero-order valence-electron chi connectivity index (χ0n) is 23.2. The van der Waals surface area contributed by atoms with Crippen LogP contribution in [0.1, 0.15) is 49.7 Å². The van der Waals surface area contributed by atoms with Crippen LogP contribution < -0.4 is 10.6 Å². The number of hydrogen-bond donors (Lipinski definition) is 5. The number of likely N-dealkylation sites (tertiary alicyclic amines) is 1. The first kappa shape index (κ1) is 30.7. The number of esters is 1. The highest BCUT2D eigenvalue weighted by Gasteiger charge is 2.39. The van der Waals surface area contributed by atoms with E-state index in [1.807, 2.05) is 48.5 Å². The summed E-state index contributed by atoms with van der Waals surface area (Å²) >= 11 is 0. The summed E-state index contributed by atoms with van der Waals surface area (Å²) in [6.45, 7) is 0.608. The molecule has 5 N–H and O–H groups in total. The third-order valence-corrected chi connectivity index (χ3v) is 7.60. The zero-order valence-corrected chi connectivity index (χ0v) is 23.2. The van der Waals surface area contributed by atoms with E-state index in [-0.39, 0.29) is 44.8 Å². The van der Waals surface area contributed by atoms with Gasteiger partial charge in [0.25, 0.3) is 0 Å². The van der Waals surface area contributed by atoms with Gasteiger partial charge in [0.2, 0.25) is 17.7 Å². The van der Waals surface area contributed by atoms with E-state index in [4.69, 9.17) is 14.9 Å². The van der Waals surface area contributed by atoms with Gasteiger partial charge in [0.15, 0.2) is 0 Å². The lowest BCUT2D eigenvalue weighted by Gasteiger charge is -2.25. The van der Waals surface area contributed by atoms with Gasteiger partial charge in [-0.1, -0.05) is 48.5 Å². The molecule has 0 radical (unpaired) electrons. The average Bonchev–Trinajstić information content (AvgIpc) is 3.52. The maximum Gasteiger partial charge on any atom is 0.328 e. The van der Waals surface area contributed by atoms with Crippen molar-refractivity contribution in [3.63, 3.8) is 0 Å². The molecule has 1 aliphatic heterocycles. The third-order valence-electron chi connectivity index (χ3n) is 7.60. The SMILES string of the molecule is C[C@H](NC(=O)[C@@H]1C[C@@H](O)CN1C(=O)CCCC(=O)OCC1c2ccccc2-c2ccccc21)C(=O)NC(CO)C(=O)O. The van der Waals surface area contributed by atoms with Crippen molar-refractivity contribution in [2.45, 2.75) is 62.8 Å². The Bertz CT molecular complexity index is 1300. The fraction of sp³-hybridized carbons (Fsp3) is 0.433. The van der Waals surface area contributed by atoms with Gasteiger partial charge >= 0.3 is 11.9 Å². The normalized spacial score (nSPS) is 18.9. The van der Waals surface area contributed by atoms with Gasteiger partial charge in [-0.25, -0.2) is 4.79 Å². The number of carboxylic acids is 1. The summed E-state index contributed by atoms with van der Waals surface area (Å²) in [5.74, 6) is -3.89. The fourth-order valence-electron chi connectivity index (χ4n) is 5.41. The second-order valence-corrected chi connectivity index (χ2v) is 10.5. The largest absolute Gasteiger partial charge is 0.480 e. The maximum absolute atomic E-state index is 12.9. The number of hydrogen-bond acceptors (Lipinski definition) is 8. The molecule has 1 unspecified atom stereocenters. The molecule has 12 heteroatoms. The van der Waals surface area contributed by atoms with Crippen molar-refractivity contribution < 1.29 is 44.0 Å². The van der Waals surface area contributed by atoms with Crippen molar-refractivity contribution >= 4 is 29.7 Å². The first-order valence-electron chi connectivity index (χ1n) is 13.9. The number of benzene rings is 2. The zero-order chi connectivity index (χ0) is 30.4. The lowest BCUT2D eigenvalue weighted by atomic mass is 9.98. The highest BCUT2D eigenvalue weighted by atomic mass is 16.5. The Morgan fingerprint density at radius 3 is 2.19 bits per heavy atom. The van der Waals surface area contributed by atoms with Crippen LogP contribution in [0.25, 0.3) is 11.1 Å². The van der Waals surface area contributed by atoms with Gasteiger partial charge in [0, 0.05) is 31.7 Å². The summed E-state index contributed by atoms with van der Waals surface area (Å²) in [5, 5.41) is 32.7. The number of β-amino-alcohol motifs (C(OH)–C–C–N with tert-alkyl or cyclic N) is 1. The standard InChI is InChI=1S/C30H35N3O9/c1-17(28(38)32-24(15-34)30(40)41)31-29(39)25-13-18(35)14-33(25)26(36)11-6-12-27(37)42-16-23-21-9-4-2-7-19(21)20-8-3-5-10-22(20)23/h2-5,7-10,17-18,23-25,34-35H,6,11-16H2,1H3,(H,31,39)(H,32,38)(H,40,41)/t17-,18+,24?,25-/m0/s1. The molecule has 2 aromatic carbocycles. The predicted molar refractivity (Wildman–Crippen MR) is 149 cm³/mol. The molecule has 12 nitrogen and oxygen atoms in total. The summed E-state index contributed by atoms with van der Waals surface area (Å²) in [5.41, 5.74) is 4.44. The van der Waals surface area contributed by atoms with E-state index in [9.17, 15) is 29.1 Å². The summed E-state index contributed by atoms with van der Waals surface area (Å²) < 4.78 is 5.58. The number of aliphatic carboxylic acids is 1. The molecule has 224 valence electrons. The van der Waals surface area contributed by atoms with Crippen molar-refractivity contribution in [3.05, 3.63) is 59.7 Å². The van der Waals surface area contributed by atoms with E-state index in [0.717, 1.165) is 22.3 Å². The van der Waals surface area contributed by atoms with E-state index in [1.54, 1.807) is 0 Å². The van der Waals surface area contributed by atoms with Crippen molar-refractivity contribution in [1.82, 2.24) is 15.5 Å². The first-order chi connectivity index (χ1) is 20.1. The Labute approximate surface area is 242 Å². The molecule has 3 amide bonds. The van der Waals surface area contributed by atoms with Gasteiger partial charge in [-0.05, 0) is 35.6 Å². The van der Waals surface area contributed by atoms with Crippen molar-refractivity contribution in [2.75, 3.05) is 19.8 Å². The molecular weight excluding hydrogens is 546 g/mol. The van der Waals surface area contributed by atoms with Crippen LogP contribution >= 0.6 is 0 Å². The van der Waals surface area contributed by atoms with Crippen LogP contribution in [0.5, 0.6) is 0 Å². The van der Waals surface area contributed by atoms with E-state index in [2.05, 4.69) is 10.6 Å². The summed E-state index contributed by atoms with van der Waals surface area (Å²) in [7, 11) is 0. The number of ether oxygens (including phenoxy) is 1. The summed E-state index contributed by atoms with van der Waals surface area (Å²) in [6, 6.07) is 12.3. The second kappa shape index (κ2) is 13.6. The van der Waals surface area contributed by atoms with Gasteiger partial charge in [-0.15, -0.1) is 0 Å². The molecule has 1 aliphatic carbocycles. The van der Waals surface area contributed by atoms with Gasteiger partial charge < -0.3 is 35.6 Å². The smallest absolute Gasteiger partial charge is 0.328 e. The summed E-state index contributed by atoms with van der Waals surface area (Å²) in [4.78, 5) is 62.8. The van der Waals surface area contributed by atoms with Gasteiger partial charge in [0.1, 0.15) is 24.7 Å². The number of aliphatic hydroxyl groups is 2. The number of rotatable bonds is 12. The van der Waals surface area contributed by atoms with Gasteiger partial charge in [-0.3, -0.25) is 19.2 Å².